The van der Waals surface area contributed by atoms with Crippen molar-refractivity contribution in [1.82, 2.24) is 15.3 Å². The average molecular weight is 247 g/mol. The zero-order valence-corrected chi connectivity index (χ0v) is 10.7. The van der Waals surface area contributed by atoms with Crippen LogP contribution in [0.15, 0.2) is 25.1 Å². The minimum atomic E-state index is 0.0186. The fourth-order valence-electron chi connectivity index (χ4n) is 3.42. The van der Waals surface area contributed by atoms with Crippen molar-refractivity contribution in [3.8, 4) is 0 Å². The average Bonchev–Trinajstić information content (AvgIpc) is 2.77. The molecule has 0 spiro atoms. The summed E-state index contributed by atoms with van der Waals surface area (Å²) in [5.41, 5.74) is 3.48. The molecule has 0 aromatic carbocycles. The monoisotopic (exact) mass is 247 g/mol. The van der Waals surface area contributed by atoms with Crippen LogP contribution in [-0.4, -0.2) is 34.4 Å². The number of nitrogens with zero attached hydrogens (tertiary/aromatic N) is 2. The van der Waals surface area contributed by atoms with Gasteiger partial charge in [-0.25, -0.2) is 5.43 Å². The predicted octanol–water partition coefficient (Wildman–Crippen LogP) is 1.62. The van der Waals surface area contributed by atoms with Crippen molar-refractivity contribution in [3.05, 3.63) is 25.1 Å². The fourth-order valence-corrected chi connectivity index (χ4v) is 3.42. The van der Waals surface area contributed by atoms with Gasteiger partial charge in [-0.15, -0.1) is 6.58 Å². The summed E-state index contributed by atoms with van der Waals surface area (Å²) in [6.07, 6.45) is 11.6. The van der Waals surface area contributed by atoms with E-state index in [0.717, 1.165) is 13.0 Å². The number of hydrogen-bond acceptors (Lipinski definition) is 3. The molecule has 1 amide bonds. The minimum absolute atomic E-state index is 0.0186. The Morgan fingerprint density at radius 3 is 3.06 bits per heavy atom. The Labute approximate surface area is 108 Å². The number of fused-ring (bicyclic) bond motifs is 3. The second kappa shape index (κ2) is 4.76. The van der Waals surface area contributed by atoms with Crippen molar-refractivity contribution in [2.45, 2.75) is 44.2 Å². The molecule has 0 radical (unpaired) electrons. The molecule has 2 aliphatic heterocycles. The lowest BCUT2D eigenvalue weighted by atomic mass is 9.81. The van der Waals surface area contributed by atoms with Gasteiger partial charge in [0.1, 0.15) is 6.04 Å². The first-order valence-electron chi connectivity index (χ1n) is 6.95. The van der Waals surface area contributed by atoms with Crippen LogP contribution in [0.25, 0.3) is 0 Å². The third kappa shape index (κ3) is 1.85. The Balaban J connectivity index is 1.76. The van der Waals surface area contributed by atoms with Gasteiger partial charge in [0.05, 0.1) is 0 Å². The van der Waals surface area contributed by atoms with Crippen LogP contribution in [0.5, 0.6) is 0 Å². The fraction of sp³-hybridized carbons (Fsp3) is 0.643. The summed E-state index contributed by atoms with van der Waals surface area (Å²) in [6.45, 7) is 4.47. The number of amides is 1. The Kier molecular flexibility index (Phi) is 3.12. The van der Waals surface area contributed by atoms with Crippen molar-refractivity contribution in [2.24, 2.45) is 5.92 Å². The van der Waals surface area contributed by atoms with Crippen LogP contribution in [0.3, 0.4) is 0 Å². The van der Waals surface area contributed by atoms with E-state index >= 15 is 0 Å². The molecule has 3 rings (SSSR count). The summed E-state index contributed by atoms with van der Waals surface area (Å²) >= 11 is 0. The van der Waals surface area contributed by atoms with Crippen LogP contribution in [0.2, 0.25) is 0 Å². The number of nitrogens with one attached hydrogen (secondary N) is 1. The maximum Gasteiger partial charge on any atom is 0.251 e. The molecule has 4 nitrogen and oxygen atoms in total. The number of rotatable bonds is 3. The largest absolute Gasteiger partial charge is 0.315 e. The van der Waals surface area contributed by atoms with Gasteiger partial charge in [0, 0.05) is 30.9 Å². The third-order valence-electron chi connectivity index (χ3n) is 4.36. The van der Waals surface area contributed by atoms with E-state index in [1.807, 2.05) is 28.4 Å². The van der Waals surface area contributed by atoms with Gasteiger partial charge in [-0.05, 0) is 19.3 Å². The maximum atomic E-state index is 12.5. The van der Waals surface area contributed by atoms with Crippen molar-refractivity contribution in [2.75, 3.05) is 6.54 Å². The number of hydrazine groups is 1. The van der Waals surface area contributed by atoms with E-state index < -0.39 is 0 Å². The van der Waals surface area contributed by atoms with Gasteiger partial charge in [-0.1, -0.05) is 18.9 Å². The van der Waals surface area contributed by atoms with Crippen molar-refractivity contribution in [1.29, 1.82) is 0 Å². The highest BCUT2D eigenvalue weighted by Gasteiger charge is 2.47. The standard InChI is InChI=1S/C14H21N3O/c1-2-3-8-16-9-10-17-13(14(16)18)11-6-4-5-7-12(11)15-17/h2,9-13,15H,1,3-8H2. The molecule has 1 saturated heterocycles. The Bertz CT molecular complexity index is 379. The molecule has 1 aliphatic carbocycles. The van der Waals surface area contributed by atoms with Crippen molar-refractivity contribution < 1.29 is 4.79 Å². The quantitative estimate of drug-likeness (QED) is 0.770. The van der Waals surface area contributed by atoms with Crippen LogP contribution in [0.1, 0.15) is 32.1 Å². The molecule has 98 valence electrons. The summed E-state index contributed by atoms with van der Waals surface area (Å²) < 4.78 is 0. The predicted molar refractivity (Wildman–Crippen MR) is 70.2 cm³/mol. The molecule has 2 heterocycles. The molecule has 0 bridgehead atoms. The summed E-state index contributed by atoms with van der Waals surface area (Å²) in [4.78, 5) is 14.4. The normalized spacial score (nSPS) is 34.4. The molecule has 1 N–H and O–H groups in total. The number of carbonyl (C=O) groups is 1. The second-order valence-electron chi connectivity index (χ2n) is 5.44. The molecular weight excluding hydrogens is 226 g/mol. The Morgan fingerprint density at radius 2 is 2.22 bits per heavy atom. The van der Waals surface area contributed by atoms with E-state index in [9.17, 15) is 4.79 Å². The van der Waals surface area contributed by atoms with Gasteiger partial charge in [0.25, 0.3) is 5.91 Å². The van der Waals surface area contributed by atoms with E-state index in [1.54, 1.807) is 0 Å². The highest BCUT2D eigenvalue weighted by atomic mass is 16.2. The summed E-state index contributed by atoms with van der Waals surface area (Å²) in [7, 11) is 0. The topological polar surface area (TPSA) is 35.6 Å². The van der Waals surface area contributed by atoms with E-state index in [1.165, 1.54) is 25.7 Å². The minimum Gasteiger partial charge on any atom is -0.315 e. The highest BCUT2D eigenvalue weighted by Crippen LogP contribution is 2.36. The lowest BCUT2D eigenvalue weighted by Crippen LogP contribution is -2.50. The van der Waals surface area contributed by atoms with E-state index in [4.69, 9.17) is 0 Å². The summed E-state index contributed by atoms with van der Waals surface area (Å²) in [5, 5.41) is 2.04. The molecule has 0 aromatic rings. The van der Waals surface area contributed by atoms with Crippen molar-refractivity contribution >= 4 is 5.91 Å². The van der Waals surface area contributed by atoms with E-state index in [-0.39, 0.29) is 11.9 Å². The smallest absolute Gasteiger partial charge is 0.251 e. The number of carbonyl (C=O) groups excluding carboxylic acids is 1. The SMILES string of the molecule is C=CCCN1C=CN2NC3CCCCC3C2C1=O. The first-order valence-corrected chi connectivity index (χ1v) is 6.95. The Hall–Kier alpha value is -1.29. The first-order chi connectivity index (χ1) is 8.81. The third-order valence-corrected chi connectivity index (χ3v) is 4.36. The zero-order chi connectivity index (χ0) is 12.5. The molecule has 3 atom stereocenters. The highest BCUT2D eigenvalue weighted by molar-refractivity contribution is 5.84. The maximum absolute atomic E-state index is 12.5. The van der Waals surface area contributed by atoms with Crippen LogP contribution in [-0.2, 0) is 4.79 Å². The van der Waals surface area contributed by atoms with Gasteiger partial charge in [-0.2, -0.15) is 0 Å². The molecule has 1 saturated carbocycles. The van der Waals surface area contributed by atoms with Gasteiger partial charge in [0.15, 0.2) is 0 Å². The summed E-state index contributed by atoms with van der Waals surface area (Å²) in [6, 6.07) is 0.516. The van der Waals surface area contributed by atoms with Crippen molar-refractivity contribution in [3.63, 3.8) is 0 Å². The van der Waals surface area contributed by atoms with E-state index in [2.05, 4.69) is 12.0 Å². The second-order valence-corrected chi connectivity index (χ2v) is 5.44. The summed E-state index contributed by atoms with van der Waals surface area (Å²) in [5.74, 6) is 0.740. The Morgan fingerprint density at radius 1 is 1.39 bits per heavy atom. The van der Waals surface area contributed by atoms with E-state index in [0.29, 0.717) is 12.0 Å². The van der Waals surface area contributed by atoms with Crippen LogP contribution >= 0.6 is 0 Å². The number of hydrogen-bond donors (Lipinski definition) is 1. The van der Waals surface area contributed by atoms with Gasteiger partial charge >= 0.3 is 0 Å². The van der Waals surface area contributed by atoms with Gasteiger partial charge in [0.2, 0.25) is 0 Å². The lowest BCUT2D eigenvalue weighted by molar-refractivity contribution is -0.135. The molecule has 18 heavy (non-hydrogen) atoms. The van der Waals surface area contributed by atoms with Crippen LogP contribution in [0.4, 0.5) is 0 Å². The van der Waals surface area contributed by atoms with Gasteiger partial charge in [-0.3, -0.25) is 4.79 Å². The zero-order valence-electron chi connectivity index (χ0n) is 10.7. The lowest BCUT2D eigenvalue weighted by Gasteiger charge is -2.34. The first kappa shape index (κ1) is 11.8. The van der Waals surface area contributed by atoms with Crippen LogP contribution < -0.4 is 5.43 Å². The molecule has 3 aliphatic rings. The molecule has 3 unspecified atom stereocenters. The molecule has 4 heteroatoms. The van der Waals surface area contributed by atoms with Crippen LogP contribution in [0, 0.1) is 5.92 Å². The van der Waals surface area contributed by atoms with Gasteiger partial charge < -0.3 is 9.91 Å². The molecule has 0 aromatic heterocycles. The molecular formula is C14H21N3O. The molecule has 2 fully saturated rings.